The van der Waals surface area contributed by atoms with E-state index in [0.29, 0.717) is 24.7 Å². The van der Waals surface area contributed by atoms with Crippen LogP contribution < -0.4 is 10.5 Å². The maximum Gasteiger partial charge on any atom is 0.290 e. The molecular formula is C37H29F4N3O4. The second-order valence-electron chi connectivity index (χ2n) is 11.7. The van der Waals surface area contributed by atoms with Crippen LogP contribution in [-0.2, 0) is 22.6 Å². The monoisotopic (exact) mass is 655 g/mol. The fourth-order valence-corrected chi connectivity index (χ4v) is 6.03. The average Bonchev–Trinajstić information content (AvgIpc) is 3.07. The number of amides is 1. The predicted molar refractivity (Wildman–Crippen MR) is 172 cm³/mol. The van der Waals surface area contributed by atoms with Crippen molar-refractivity contribution in [3.63, 3.8) is 0 Å². The quantitative estimate of drug-likeness (QED) is 0.0671. The summed E-state index contributed by atoms with van der Waals surface area (Å²) in [5.74, 6) is -7.09. The Morgan fingerprint density at radius 3 is 2.23 bits per heavy atom. The lowest BCUT2D eigenvalue weighted by Crippen LogP contribution is -2.51. The molecular weight excluding hydrogens is 626 g/mol. The van der Waals surface area contributed by atoms with Crippen LogP contribution in [-0.4, -0.2) is 53.1 Å². The van der Waals surface area contributed by atoms with Gasteiger partial charge in [-0.15, -0.1) is 0 Å². The maximum absolute atomic E-state index is 14.5. The van der Waals surface area contributed by atoms with Crippen molar-refractivity contribution in [2.45, 2.75) is 19.4 Å². The van der Waals surface area contributed by atoms with Gasteiger partial charge in [-0.3, -0.25) is 19.2 Å². The van der Waals surface area contributed by atoms with Gasteiger partial charge in [0.1, 0.15) is 11.6 Å². The minimum Gasteiger partial charge on any atom is -0.367 e. The van der Waals surface area contributed by atoms with Crippen molar-refractivity contribution in [3.05, 3.63) is 147 Å². The summed E-state index contributed by atoms with van der Waals surface area (Å²) in [6, 6.07) is 21.6. The highest BCUT2D eigenvalue weighted by molar-refractivity contribution is 6.40. The third-order valence-electron chi connectivity index (χ3n) is 8.38. The van der Waals surface area contributed by atoms with Gasteiger partial charge in [-0.1, -0.05) is 48.5 Å². The molecule has 0 N–H and O–H groups in total. The molecule has 2 heterocycles. The van der Waals surface area contributed by atoms with Crippen molar-refractivity contribution in [2.24, 2.45) is 0 Å². The molecule has 1 aliphatic rings. The van der Waals surface area contributed by atoms with E-state index in [1.807, 2.05) is 42.5 Å². The normalized spacial score (nSPS) is 13.2. The van der Waals surface area contributed by atoms with Crippen LogP contribution in [0.4, 0.5) is 23.2 Å². The molecule has 0 aliphatic carbocycles. The van der Waals surface area contributed by atoms with E-state index in [1.165, 1.54) is 29.3 Å². The molecule has 48 heavy (non-hydrogen) atoms. The minimum atomic E-state index is -1.41. The van der Waals surface area contributed by atoms with E-state index in [1.54, 1.807) is 6.07 Å². The maximum atomic E-state index is 14.5. The van der Waals surface area contributed by atoms with Crippen molar-refractivity contribution in [1.82, 2.24) is 9.47 Å². The molecule has 0 bridgehead atoms. The second kappa shape index (κ2) is 13.6. The van der Waals surface area contributed by atoms with Gasteiger partial charge in [0.05, 0.1) is 18.5 Å². The summed E-state index contributed by atoms with van der Waals surface area (Å²) in [6.07, 6.45) is -0.0310. The van der Waals surface area contributed by atoms with Crippen LogP contribution in [0.5, 0.6) is 0 Å². The number of halogens is 4. The Hall–Kier alpha value is -5.58. The summed E-state index contributed by atoms with van der Waals surface area (Å²) in [5.41, 5.74) is -0.162. The molecule has 0 radical (unpaired) electrons. The van der Waals surface area contributed by atoms with Crippen LogP contribution in [0, 0.1) is 23.3 Å². The molecule has 7 nitrogen and oxygen atoms in total. The number of hydrogen-bond acceptors (Lipinski definition) is 5. The number of nitrogens with zero attached hydrogens (tertiary/aromatic N) is 3. The summed E-state index contributed by atoms with van der Waals surface area (Å²) in [4.78, 5) is 56.5. The van der Waals surface area contributed by atoms with Gasteiger partial charge >= 0.3 is 0 Å². The number of hydrogen-bond donors (Lipinski definition) is 0. The van der Waals surface area contributed by atoms with E-state index in [9.17, 15) is 36.7 Å². The highest BCUT2D eigenvalue weighted by Gasteiger charge is 2.29. The zero-order valence-electron chi connectivity index (χ0n) is 25.6. The number of anilines is 1. The fraction of sp³-hybridized carbons (Fsp3) is 0.189. The van der Waals surface area contributed by atoms with Gasteiger partial charge in [0.2, 0.25) is 5.78 Å². The summed E-state index contributed by atoms with van der Waals surface area (Å²) < 4.78 is 57.3. The van der Waals surface area contributed by atoms with Gasteiger partial charge in [0, 0.05) is 55.9 Å². The molecule has 1 amide bonds. The van der Waals surface area contributed by atoms with Gasteiger partial charge < -0.3 is 14.4 Å². The first kappa shape index (κ1) is 32.4. The average molecular weight is 656 g/mol. The van der Waals surface area contributed by atoms with E-state index in [0.717, 1.165) is 33.2 Å². The lowest BCUT2D eigenvalue weighted by molar-refractivity contribution is -0.144. The van der Waals surface area contributed by atoms with Crippen LogP contribution in [0.2, 0.25) is 0 Å². The lowest BCUT2D eigenvalue weighted by Gasteiger charge is -2.36. The van der Waals surface area contributed by atoms with Crippen LogP contribution in [0.25, 0.3) is 10.8 Å². The highest BCUT2D eigenvalue weighted by Crippen LogP contribution is 2.27. The smallest absolute Gasteiger partial charge is 0.290 e. The Morgan fingerprint density at radius 2 is 1.46 bits per heavy atom. The lowest BCUT2D eigenvalue weighted by atomic mass is 10.0. The summed E-state index contributed by atoms with van der Waals surface area (Å²) in [7, 11) is 0. The van der Waals surface area contributed by atoms with Gasteiger partial charge in [0.25, 0.3) is 11.5 Å². The molecule has 244 valence electrons. The SMILES string of the molecule is O=C(CC(=O)c1cc(Cc2cc(F)cc(F)c2F)cn(Cc2cccc(F)c2)c1=O)C(=O)N1CCN(c2cccc3ccccc23)CC1. The first-order chi connectivity index (χ1) is 23.1. The van der Waals surface area contributed by atoms with Crippen LogP contribution in [0.15, 0.2) is 95.9 Å². The number of carbonyl (C=O) groups excluding carboxylic acids is 3. The number of ketones is 2. The van der Waals surface area contributed by atoms with E-state index < -0.39 is 64.7 Å². The Labute approximate surface area is 272 Å². The molecule has 0 atom stereocenters. The number of aromatic nitrogens is 1. The molecule has 1 fully saturated rings. The van der Waals surface area contributed by atoms with E-state index in [2.05, 4.69) is 4.90 Å². The number of pyridine rings is 1. The first-order valence-corrected chi connectivity index (χ1v) is 15.3. The Balaban J connectivity index is 1.20. The molecule has 1 aliphatic heterocycles. The van der Waals surface area contributed by atoms with Crippen molar-refractivity contribution in [2.75, 3.05) is 31.1 Å². The molecule has 0 unspecified atom stereocenters. The Morgan fingerprint density at radius 1 is 0.729 bits per heavy atom. The van der Waals surface area contributed by atoms with Crippen LogP contribution in [0.3, 0.4) is 0 Å². The summed E-state index contributed by atoms with van der Waals surface area (Å²) >= 11 is 0. The fourth-order valence-electron chi connectivity index (χ4n) is 6.03. The van der Waals surface area contributed by atoms with E-state index in [4.69, 9.17) is 0 Å². The number of piperazine rings is 1. The number of Topliss-reactive ketones (excluding diaryl/α,β-unsaturated/α-hetero) is 2. The molecule has 6 rings (SSSR count). The van der Waals surface area contributed by atoms with E-state index in [-0.39, 0.29) is 30.8 Å². The number of fused-ring (bicyclic) bond motifs is 1. The van der Waals surface area contributed by atoms with Gasteiger partial charge in [-0.2, -0.15) is 0 Å². The van der Waals surface area contributed by atoms with Gasteiger partial charge in [-0.05, 0) is 52.4 Å². The zero-order chi connectivity index (χ0) is 33.9. The minimum absolute atomic E-state index is 0.126. The standard InChI is InChI=1S/C37H29F4N3O4/c38-27-8-3-5-23(16-27)21-44-22-24(15-26-18-28(39)19-31(40)35(26)41)17-30(36(44)47)33(45)20-34(46)37(48)43-13-11-42(12-14-43)32-10-4-7-25-6-1-2-9-29(25)32/h1-10,16-19,22H,11-15,20-21H2. The highest BCUT2D eigenvalue weighted by atomic mass is 19.2. The predicted octanol–water partition coefficient (Wildman–Crippen LogP) is 5.69. The third-order valence-corrected chi connectivity index (χ3v) is 8.38. The van der Waals surface area contributed by atoms with Gasteiger partial charge in [0.15, 0.2) is 17.4 Å². The topological polar surface area (TPSA) is 79.7 Å². The summed E-state index contributed by atoms with van der Waals surface area (Å²) in [6.45, 7) is 1.22. The molecule has 1 saturated heterocycles. The number of benzene rings is 4. The molecule has 0 saturated carbocycles. The third kappa shape index (κ3) is 6.90. The van der Waals surface area contributed by atoms with Crippen LogP contribution in [0.1, 0.15) is 33.5 Å². The summed E-state index contributed by atoms with van der Waals surface area (Å²) in [5, 5.41) is 2.14. The largest absolute Gasteiger partial charge is 0.367 e. The second-order valence-corrected chi connectivity index (χ2v) is 11.7. The van der Waals surface area contributed by atoms with Crippen molar-refractivity contribution in [3.8, 4) is 0 Å². The Kier molecular flexibility index (Phi) is 9.20. The van der Waals surface area contributed by atoms with Crippen molar-refractivity contribution in [1.29, 1.82) is 0 Å². The molecule has 11 heteroatoms. The molecule has 0 spiro atoms. The van der Waals surface area contributed by atoms with Crippen molar-refractivity contribution >= 4 is 33.9 Å². The Bertz CT molecular complexity index is 2120. The zero-order valence-corrected chi connectivity index (χ0v) is 25.6. The molecule has 1 aromatic heterocycles. The van der Waals surface area contributed by atoms with Crippen LogP contribution >= 0.6 is 0 Å². The number of carbonyl (C=O) groups is 3. The number of rotatable bonds is 9. The van der Waals surface area contributed by atoms with Gasteiger partial charge in [-0.25, -0.2) is 17.6 Å². The van der Waals surface area contributed by atoms with E-state index >= 15 is 0 Å². The van der Waals surface area contributed by atoms with Crippen molar-refractivity contribution < 1.29 is 31.9 Å². The molecule has 4 aromatic carbocycles. The first-order valence-electron chi connectivity index (χ1n) is 15.3. The molecule has 5 aromatic rings.